The highest BCUT2D eigenvalue weighted by Gasteiger charge is 2.30. The topological polar surface area (TPSA) is 87.7 Å². The first-order chi connectivity index (χ1) is 14.8. The third kappa shape index (κ3) is 6.00. The lowest BCUT2D eigenvalue weighted by atomic mass is 9.96. The van der Waals surface area contributed by atoms with Crippen LogP contribution in [0.25, 0.3) is 0 Å². The summed E-state index contributed by atoms with van der Waals surface area (Å²) in [4.78, 5) is 38.4. The highest BCUT2D eigenvalue weighted by molar-refractivity contribution is 5.98. The van der Waals surface area contributed by atoms with E-state index >= 15 is 0 Å². The van der Waals surface area contributed by atoms with Crippen LogP contribution < -0.4 is 15.4 Å². The van der Waals surface area contributed by atoms with Crippen LogP contribution in [-0.2, 0) is 9.59 Å². The molecule has 0 aromatic heterocycles. The van der Waals surface area contributed by atoms with E-state index in [9.17, 15) is 23.2 Å². The van der Waals surface area contributed by atoms with E-state index in [1.807, 2.05) is 0 Å². The summed E-state index contributed by atoms with van der Waals surface area (Å²) in [5, 5.41) is 5.46. The Morgan fingerprint density at radius 2 is 1.77 bits per heavy atom. The van der Waals surface area contributed by atoms with E-state index in [1.165, 1.54) is 30.0 Å². The molecule has 1 aliphatic heterocycles. The number of piperidine rings is 1. The van der Waals surface area contributed by atoms with Gasteiger partial charge in [0.2, 0.25) is 11.8 Å². The molecule has 3 rings (SSSR count). The quantitative estimate of drug-likeness (QED) is 0.730. The van der Waals surface area contributed by atoms with Crippen LogP contribution in [0.5, 0.6) is 5.75 Å². The van der Waals surface area contributed by atoms with E-state index in [0.717, 1.165) is 0 Å². The number of nitrogens with one attached hydrogen (secondary N) is 2. The number of alkyl halides is 2. The molecule has 1 heterocycles. The smallest absolute Gasteiger partial charge is 0.387 e. The zero-order valence-electron chi connectivity index (χ0n) is 16.9. The molecule has 9 heteroatoms. The predicted molar refractivity (Wildman–Crippen MR) is 111 cm³/mol. The van der Waals surface area contributed by atoms with E-state index in [1.54, 1.807) is 30.3 Å². The lowest BCUT2D eigenvalue weighted by Gasteiger charge is -2.32. The van der Waals surface area contributed by atoms with Gasteiger partial charge in [0.15, 0.2) is 0 Å². The number of ether oxygens (including phenoxy) is 1. The zero-order chi connectivity index (χ0) is 22.4. The maximum atomic E-state index is 12.9. The third-order valence-corrected chi connectivity index (χ3v) is 4.86. The number of rotatable bonds is 6. The third-order valence-electron chi connectivity index (χ3n) is 4.86. The Labute approximate surface area is 178 Å². The summed E-state index contributed by atoms with van der Waals surface area (Å²) in [6, 6.07) is 12.6. The fraction of sp³-hybridized carbons (Fsp3) is 0.318. The van der Waals surface area contributed by atoms with Crippen molar-refractivity contribution in [2.24, 2.45) is 5.92 Å². The van der Waals surface area contributed by atoms with Gasteiger partial charge in [0.1, 0.15) is 5.75 Å². The van der Waals surface area contributed by atoms with Gasteiger partial charge in [-0.3, -0.25) is 14.4 Å². The summed E-state index contributed by atoms with van der Waals surface area (Å²) in [6.07, 6.45) is 1.20. The highest BCUT2D eigenvalue weighted by atomic mass is 19.3. The molecule has 0 saturated carbocycles. The molecule has 164 valence electrons. The minimum atomic E-state index is -3.04. The van der Waals surface area contributed by atoms with Crippen LogP contribution in [-0.4, -0.2) is 42.3 Å². The monoisotopic (exact) mass is 431 g/mol. The summed E-state index contributed by atoms with van der Waals surface area (Å²) < 4.78 is 29.8. The number of likely N-dealkylation sites (tertiary alicyclic amines) is 1. The van der Waals surface area contributed by atoms with E-state index in [-0.39, 0.29) is 29.7 Å². The van der Waals surface area contributed by atoms with Gasteiger partial charge in [-0.2, -0.15) is 8.78 Å². The average Bonchev–Trinajstić information content (AvgIpc) is 2.73. The first kappa shape index (κ1) is 22.2. The van der Waals surface area contributed by atoms with Crippen molar-refractivity contribution in [3.05, 3.63) is 54.1 Å². The largest absolute Gasteiger partial charge is 0.434 e. The molecule has 1 fully saturated rings. The molecule has 2 aromatic rings. The molecular weight excluding hydrogens is 408 g/mol. The minimum Gasteiger partial charge on any atom is -0.434 e. The van der Waals surface area contributed by atoms with Gasteiger partial charge in [0, 0.05) is 31.4 Å². The molecule has 31 heavy (non-hydrogen) atoms. The second-order valence-electron chi connectivity index (χ2n) is 7.22. The number of anilines is 2. The van der Waals surface area contributed by atoms with Crippen LogP contribution in [0.2, 0.25) is 0 Å². The zero-order valence-corrected chi connectivity index (χ0v) is 16.9. The van der Waals surface area contributed by atoms with Crippen molar-refractivity contribution in [3.63, 3.8) is 0 Å². The Morgan fingerprint density at radius 3 is 2.48 bits per heavy atom. The van der Waals surface area contributed by atoms with E-state index < -0.39 is 18.4 Å². The number of benzene rings is 2. The van der Waals surface area contributed by atoms with Crippen molar-refractivity contribution < 1.29 is 27.9 Å². The molecule has 0 radical (unpaired) electrons. The maximum absolute atomic E-state index is 12.9. The van der Waals surface area contributed by atoms with Crippen LogP contribution in [0.4, 0.5) is 20.2 Å². The van der Waals surface area contributed by atoms with Gasteiger partial charge in [-0.05, 0) is 43.2 Å². The average molecular weight is 431 g/mol. The number of amides is 3. The lowest BCUT2D eigenvalue weighted by molar-refractivity contribution is -0.121. The Bertz CT molecular complexity index is 967. The number of carbonyl (C=O) groups is 3. The molecule has 2 aromatic carbocycles. The summed E-state index contributed by atoms with van der Waals surface area (Å²) >= 11 is 0. The van der Waals surface area contributed by atoms with E-state index in [0.29, 0.717) is 30.8 Å². The molecule has 0 aliphatic carbocycles. The van der Waals surface area contributed by atoms with Crippen LogP contribution in [0, 0.1) is 5.92 Å². The fourth-order valence-electron chi connectivity index (χ4n) is 3.51. The molecule has 0 bridgehead atoms. The van der Waals surface area contributed by atoms with Crippen molar-refractivity contribution >= 4 is 29.1 Å². The van der Waals surface area contributed by atoms with Crippen LogP contribution in [0.3, 0.4) is 0 Å². The van der Waals surface area contributed by atoms with Gasteiger partial charge < -0.3 is 20.3 Å². The summed E-state index contributed by atoms with van der Waals surface area (Å²) in [7, 11) is 0. The summed E-state index contributed by atoms with van der Waals surface area (Å²) in [5.74, 6) is -1.58. The van der Waals surface area contributed by atoms with E-state index in [2.05, 4.69) is 15.4 Å². The summed E-state index contributed by atoms with van der Waals surface area (Å²) in [5.41, 5.74) is 1.11. The van der Waals surface area contributed by atoms with Gasteiger partial charge in [-0.25, -0.2) is 0 Å². The van der Waals surface area contributed by atoms with Gasteiger partial charge in [0.25, 0.3) is 5.91 Å². The molecule has 3 amide bonds. The normalized spacial score (nSPS) is 16.0. The number of hydrogen-bond acceptors (Lipinski definition) is 4. The highest BCUT2D eigenvalue weighted by Crippen LogP contribution is 2.26. The van der Waals surface area contributed by atoms with Crippen molar-refractivity contribution in [2.75, 3.05) is 23.7 Å². The van der Waals surface area contributed by atoms with Crippen LogP contribution >= 0.6 is 0 Å². The molecular formula is C22H23F2N3O4. The number of halogens is 2. The predicted octanol–water partition coefficient (Wildman–Crippen LogP) is 3.74. The first-order valence-corrected chi connectivity index (χ1v) is 9.85. The van der Waals surface area contributed by atoms with Crippen molar-refractivity contribution in [1.29, 1.82) is 0 Å². The first-order valence-electron chi connectivity index (χ1n) is 9.85. The number of nitrogens with zero attached hydrogens (tertiary/aromatic N) is 1. The minimum absolute atomic E-state index is 0.0341. The number of para-hydroxylation sites is 1. The van der Waals surface area contributed by atoms with Crippen LogP contribution in [0.15, 0.2) is 48.5 Å². The van der Waals surface area contributed by atoms with E-state index in [4.69, 9.17) is 0 Å². The van der Waals surface area contributed by atoms with Gasteiger partial charge in [-0.1, -0.05) is 18.2 Å². The molecule has 1 atom stereocenters. The molecule has 1 unspecified atom stereocenters. The second kappa shape index (κ2) is 10.0. The van der Waals surface area contributed by atoms with Crippen molar-refractivity contribution in [2.45, 2.75) is 26.4 Å². The van der Waals surface area contributed by atoms with Crippen molar-refractivity contribution in [1.82, 2.24) is 4.90 Å². The van der Waals surface area contributed by atoms with Gasteiger partial charge >= 0.3 is 6.61 Å². The fourth-order valence-corrected chi connectivity index (χ4v) is 3.51. The molecule has 1 aliphatic rings. The Hall–Kier alpha value is -3.49. The van der Waals surface area contributed by atoms with Gasteiger partial charge in [0.05, 0.1) is 11.5 Å². The maximum Gasteiger partial charge on any atom is 0.387 e. The SMILES string of the molecule is CC(=O)Nc1cccc(NC(=O)C2CCCN(C(=O)c3ccccc3OC(F)F)C2)c1. The number of hydrogen-bond donors (Lipinski definition) is 2. The Kier molecular flexibility index (Phi) is 7.17. The van der Waals surface area contributed by atoms with Crippen molar-refractivity contribution in [3.8, 4) is 5.75 Å². The standard InChI is InChI=1S/C22H23F2N3O4/c1-14(28)25-16-7-4-8-17(12-16)26-20(29)15-6-5-11-27(13-15)21(30)18-9-2-3-10-19(18)31-22(23)24/h2-4,7-10,12,15,22H,5-6,11,13H2,1H3,(H,25,28)(H,26,29). The Morgan fingerprint density at radius 1 is 1.06 bits per heavy atom. The molecule has 7 nitrogen and oxygen atoms in total. The Balaban J connectivity index is 1.67. The molecule has 1 saturated heterocycles. The molecule has 0 spiro atoms. The number of carbonyl (C=O) groups excluding carboxylic acids is 3. The second-order valence-corrected chi connectivity index (χ2v) is 7.22. The lowest BCUT2D eigenvalue weighted by Crippen LogP contribution is -2.43. The molecule has 2 N–H and O–H groups in total. The van der Waals surface area contributed by atoms with Crippen LogP contribution in [0.1, 0.15) is 30.1 Å². The summed E-state index contributed by atoms with van der Waals surface area (Å²) in [6.45, 7) is -1.06. The van der Waals surface area contributed by atoms with Gasteiger partial charge in [-0.15, -0.1) is 0 Å².